The highest BCUT2D eigenvalue weighted by Gasteiger charge is 2.19. The Labute approximate surface area is 377 Å². The highest BCUT2D eigenvalue weighted by atomic mass is 16.6. The Hall–Kier alpha value is -2.89. The Morgan fingerprint density at radius 1 is 0.344 bits per heavy atom. The number of carbonyl (C=O) groups is 3. The summed E-state index contributed by atoms with van der Waals surface area (Å²) in [7, 11) is 0. The van der Waals surface area contributed by atoms with E-state index < -0.39 is 6.10 Å². The standard InChI is InChI=1S/C55H96O6/c1-4-7-10-13-16-19-22-25-27-29-30-33-36-39-42-45-48-54(57)60-51-52(50-59-53(56)47-44-41-38-35-32-24-21-18-15-12-9-6-3)61-55(58)49-46-43-40-37-34-31-28-26-23-20-17-14-11-8-5-2/h7,10,16,18-21,23,25,27,52H,4-6,8-9,11-15,17,22,24,26,28-51H2,1-3H3/b10-7-,19-16-,21-18-,23-20-,27-25-. The van der Waals surface area contributed by atoms with Gasteiger partial charge in [0, 0.05) is 19.3 Å². The maximum Gasteiger partial charge on any atom is 0.306 e. The molecule has 1 unspecified atom stereocenters. The molecule has 0 spiro atoms. The van der Waals surface area contributed by atoms with Crippen LogP contribution in [0.5, 0.6) is 0 Å². The lowest BCUT2D eigenvalue weighted by Crippen LogP contribution is -2.30. The van der Waals surface area contributed by atoms with Gasteiger partial charge in [0.2, 0.25) is 0 Å². The number of carbonyl (C=O) groups excluding carboxylic acids is 3. The SMILES string of the molecule is CC/C=C\C/C=C\C/C=C\CCCCCCCCC(=O)OCC(COC(=O)CCCCCCC/C=C\CCCCC)OC(=O)CCCCCCCCC/C=C\CCCCCC. The minimum Gasteiger partial charge on any atom is -0.462 e. The molecule has 0 heterocycles. The number of hydrogen-bond donors (Lipinski definition) is 0. The van der Waals surface area contributed by atoms with E-state index in [4.69, 9.17) is 14.2 Å². The maximum absolute atomic E-state index is 12.8. The van der Waals surface area contributed by atoms with Gasteiger partial charge in [0.05, 0.1) is 0 Å². The van der Waals surface area contributed by atoms with Crippen LogP contribution in [0.3, 0.4) is 0 Å². The van der Waals surface area contributed by atoms with Crippen molar-refractivity contribution in [2.24, 2.45) is 0 Å². The van der Waals surface area contributed by atoms with E-state index in [1.165, 1.54) is 122 Å². The quantitative estimate of drug-likeness (QED) is 0.0263. The summed E-state index contributed by atoms with van der Waals surface area (Å²) >= 11 is 0. The van der Waals surface area contributed by atoms with Crippen LogP contribution in [0.15, 0.2) is 60.8 Å². The van der Waals surface area contributed by atoms with Crippen molar-refractivity contribution in [1.82, 2.24) is 0 Å². The zero-order valence-electron chi connectivity index (χ0n) is 40.2. The summed E-state index contributed by atoms with van der Waals surface area (Å²) in [6.07, 6.45) is 60.5. The van der Waals surface area contributed by atoms with Crippen LogP contribution in [0.1, 0.15) is 252 Å². The largest absolute Gasteiger partial charge is 0.462 e. The number of allylic oxidation sites excluding steroid dienone is 10. The highest BCUT2D eigenvalue weighted by Crippen LogP contribution is 2.14. The summed E-state index contributed by atoms with van der Waals surface area (Å²) in [6.45, 7) is 6.47. The van der Waals surface area contributed by atoms with Crippen molar-refractivity contribution in [3.63, 3.8) is 0 Å². The number of esters is 3. The monoisotopic (exact) mass is 853 g/mol. The Balaban J connectivity index is 4.40. The van der Waals surface area contributed by atoms with Crippen LogP contribution in [0, 0.1) is 0 Å². The van der Waals surface area contributed by atoms with Crippen LogP contribution in [-0.4, -0.2) is 37.2 Å². The summed E-state index contributed by atoms with van der Waals surface area (Å²) in [5.74, 6) is -0.907. The van der Waals surface area contributed by atoms with E-state index in [0.29, 0.717) is 19.3 Å². The van der Waals surface area contributed by atoms with Crippen molar-refractivity contribution >= 4 is 17.9 Å². The molecule has 0 rings (SSSR count). The summed E-state index contributed by atoms with van der Waals surface area (Å²) in [5.41, 5.74) is 0. The van der Waals surface area contributed by atoms with Crippen LogP contribution in [0.2, 0.25) is 0 Å². The Morgan fingerprint density at radius 3 is 1.05 bits per heavy atom. The third-order valence-corrected chi connectivity index (χ3v) is 11.0. The van der Waals surface area contributed by atoms with Crippen molar-refractivity contribution in [3.05, 3.63) is 60.8 Å². The Bertz CT molecular complexity index is 1120. The van der Waals surface area contributed by atoms with Crippen LogP contribution >= 0.6 is 0 Å². The van der Waals surface area contributed by atoms with Gasteiger partial charge in [-0.25, -0.2) is 0 Å². The van der Waals surface area contributed by atoms with E-state index in [2.05, 4.69) is 81.5 Å². The van der Waals surface area contributed by atoms with E-state index in [-0.39, 0.29) is 31.1 Å². The number of ether oxygens (including phenoxy) is 3. The highest BCUT2D eigenvalue weighted by molar-refractivity contribution is 5.71. The minimum atomic E-state index is -0.783. The lowest BCUT2D eigenvalue weighted by molar-refractivity contribution is -0.167. The lowest BCUT2D eigenvalue weighted by Gasteiger charge is -2.18. The fourth-order valence-electron chi connectivity index (χ4n) is 7.09. The molecule has 6 heteroatoms. The van der Waals surface area contributed by atoms with Crippen LogP contribution in [-0.2, 0) is 28.6 Å². The topological polar surface area (TPSA) is 78.9 Å². The predicted molar refractivity (Wildman–Crippen MR) is 261 cm³/mol. The van der Waals surface area contributed by atoms with Crippen molar-refractivity contribution < 1.29 is 28.6 Å². The average Bonchev–Trinajstić information content (AvgIpc) is 3.26. The minimum absolute atomic E-state index is 0.0843. The molecule has 61 heavy (non-hydrogen) atoms. The zero-order valence-corrected chi connectivity index (χ0v) is 40.2. The second-order valence-electron chi connectivity index (χ2n) is 17.0. The van der Waals surface area contributed by atoms with Gasteiger partial charge in [-0.15, -0.1) is 0 Å². The second kappa shape index (κ2) is 49.8. The van der Waals surface area contributed by atoms with Gasteiger partial charge in [0.1, 0.15) is 13.2 Å². The van der Waals surface area contributed by atoms with Gasteiger partial charge in [-0.1, -0.05) is 191 Å². The summed E-state index contributed by atoms with van der Waals surface area (Å²) in [4.78, 5) is 38.0. The molecule has 0 amide bonds. The van der Waals surface area contributed by atoms with Gasteiger partial charge in [-0.05, 0) is 103 Å². The van der Waals surface area contributed by atoms with E-state index in [1.54, 1.807) is 0 Å². The number of rotatable bonds is 46. The molecule has 6 nitrogen and oxygen atoms in total. The van der Waals surface area contributed by atoms with Crippen LogP contribution in [0.4, 0.5) is 0 Å². The zero-order chi connectivity index (χ0) is 44.4. The molecule has 0 fully saturated rings. The molecule has 0 N–H and O–H groups in total. The molecule has 352 valence electrons. The van der Waals surface area contributed by atoms with E-state index in [1.807, 2.05) is 0 Å². The van der Waals surface area contributed by atoms with Crippen molar-refractivity contribution in [3.8, 4) is 0 Å². The first-order valence-electron chi connectivity index (χ1n) is 25.8. The molecule has 0 aromatic carbocycles. The molecule has 0 aromatic rings. The van der Waals surface area contributed by atoms with Gasteiger partial charge in [0.15, 0.2) is 6.10 Å². The first kappa shape index (κ1) is 58.1. The fourth-order valence-corrected chi connectivity index (χ4v) is 7.09. The van der Waals surface area contributed by atoms with Gasteiger partial charge >= 0.3 is 17.9 Å². The van der Waals surface area contributed by atoms with E-state index >= 15 is 0 Å². The maximum atomic E-state index is 12.8. The third-order valence-electron chi connectivity index (χ3n) is 11.0. The normalized spacial score (nSPS) is 12.5. The predicted octanol–water partition coefficient (Wildman–Crippen LogP) is 16.9. The molecule has 0 aliphatic heterocycles. The molecule has 0 saturated heterocycles. The summed E-state index contributed by atoms with van der Waals surface area (Å²) in [5, 5.41) is 0. The molecule has 0 bridgehead atoms. The summed E-state index contributed by atoms with van der Waals surface area (Å²) in [6, 6.07) is 0. The Morgan fingerprint density at radius 2 is 0.639 bits per heavy atom. The molecule has 0 saturated carbocycles. The van der Waals surface area contributed by atoms with Crippen molar-refractivity contribution in [2.45, 2.75) is 258 Å². The van der Waals surface area contributed by atoms with Crippen molar-refractivity contribution in [2.75, 3.05) is 13.2 Å². The van der Waals surface area contributed by atoms with E-state index in [9.17, 15) is 14.4 Å². The smallest absolute Gasteiger partial charge is 0.306 e. The molecule has 0 radical (unpaired) electrons. The summed E-state index contributed by atoms with van der Waals surface area (Å²) < 4.78 is 16.8. The van der Waals surface area contributed by atoms with Crippen LogP contribution < -0.4 is 0 Å². The number of hydrogen-bond acceptors (Lipinski definition) is 6. The van der Waals surface area contributed by atoms with Gasteiger partial charge < -0.3 is 14.2 Å². The fraction of sp³-hybridized carbons (Fsp3) is 0.764. The average molecular weight is 853 g/mol. The van der Waals surface area contributed by atoms with Gasteiger partial charge in [0.25, 0.3) is 0 Å². The molecule has 0 aliphatic rings. The molecule has 0 aromatic heterocycles. The molecule has 0 aliphatic carbocycles. The van der Waals surface area contributed by atoms with Crippen molar-refractivity contribution in [1.29, 1.82) is 0 Å². The Kier molecular flexibility index (Phi) is 47.4. The van der Waals surface area contributed by atoms with Crippen LogP contribution in [0.25, 0.3) is 0 Å². The lowest BCUT2D eigenvalue weighted by atomic mass is 10.1. The third kappa shape index (κ3) is 48.0. The molecular weight excluding hydrogens is 757 g/mol. The second-order valence-corrected chi connectivity index (χ2v) is 17.0. The molecular formula is C55H96O6. The molecule has 1 atom stereocenters. The first-order chi connectivity index (χ1) is 30.0. The number of unbranched alkanes of at least 4 members (excludes halogenated alkanes) is 25. The van der Waals surface area contributed by atoms with Gasteiger partial charge in [-0.2, -0.15) is 0 Å². The van der Waals surface area contributed by atoms with Gasteiger partial charge in [-0.3, -0.25) is 14.4 Å². The van der Waals surface area contributed by atoms with E-state index in [0.717, 1.165) is 89.9 Å². The first-order valence-corrected chi connectivity index (χ1v) is 25.8.